The number of fused-ring (bicyclic) bond motifs is 2. The first kappa shape index (κ1) is 17.8. The molecule has 0 unspecified atom stereocenters. The lowest BCUT2D eigenvalue weighted by molar-refractivity contribution is 0.0736. The van der Waals surface area contributed by atoms with Crippen molar-refractivity contribution in [3.05, 3.63) is 70.6 Å². The van der Waals surface area contributed by atoms with Crippen LogP contribution < -0.4 is 5.73 Å². The number of anilines is 1. The zero-order chi connectivity index (χ0) is 19.8. The van der Waals surface area contributed by atoms with E-state index in [1.807, 2.05) is 33.7 Å². The number of carbonyl (C=O) groups is 1. The molecular formula is C21H20N6OS. The number of aromatic nitrogens is 4. The summed E-state index contributed by atoms with van der Waals surface area (Å²) in [5.74, 6) is -0.0316. The van der Waals surface area contributed by atoms with Gasteiger partial charge in [-0.2, -0.15) is 0 Å². The summed E-state index contributed by atoms with van der Waals surface area (Å²) in [4.78, 5) is 29.2. The van der Waals surface area contributed by atoms with E-state index in [1.165, 1.54) is 16.9 Å². The summed E-state index contributed by atoms with van der Waals surface area (Å²) in [6, 6.07) is 12.2. The fraction of sp³-hybridized carbons (Fsp3) is 0.238. The van der Waals surface area contributed by atoms with E-state index >= 15 is 0 Å². The van der Waals surface area contributed by atoms with Crippen LogP contribution >= 0.6 is 11.3 Å². The van der Waals surface area contributed by atoms with Gasteiger partial charge >= 0.3 is 0 Å². The van der Waals surface area contributed by atoms with Crippen molar-refractivity contribution >= 4 is 33.5 Å². The van der Waals surface area contributed by atoms with E-state index in [0.29, 0.717) is 23.8 Å². The maximum absolute atomic E-state index is 13.0. The lowest BCUT2D eigenvalue weighted by Gasteiger charge is -2.26. The summed E-state index contributed by atoms with van der Waals surface area (Å²) in [6.45, 7) is 1.98. The Morgan fingerprint density at radius 1 is 1.21 bits per heavy atom. The number of benzene rings is 1. The Balaban J connectivity index is 1.33. The zero-order valence-electron chi connectivity index (χ0n) is 15.8. The topological polar surface area (TPSA) is 89.9 Å². The van der Waals surface area contributed by atoms with Crippen molar-refractivity contribution in [2.45, 2.75) is 25.9 Å². The summed E-state index contributed by atoms with van der Waals surface area (Å²) >= 11 is 1.46. The fourth-order valence-corrected chi connectivity index (χ4v) is 4.59. The van der Waals surface area contributed by atoms with Gasteiger partial charge in [-0.3, -0.25) is 4.79 Å². The van der Waals surface area contributed by atoms with Gasteiger partial charge in [-0.1, -0.05) is 30.3 Å². The predicted octanol–water partition coefficient (Wildman–Crippen LogP) is 2.91. The van der Waals surface area contributed by atoms with Gasteiger partial charge in [0.1, 0.15) is 5.52 Å². The molecule has 0 atom stereocenters. The van der Waals surface area contributed by atoms with E-state index in [0.717, 1.165) is 41.1 Å². The quantitative estimate of drug-likeness (QED) is 0.565. The monoisotopic (exact) mass is 404 g/mol. The van der Waals surface area contributed by atoms with Crippen molar-refractivity contribution in [2.24, 2.45) is 0 Å². The molecule has 1 amide bonds. The average Bonchev–Trinajstić information content (AvgIpc) is 3.33. The Bertz CT molecular complexity index is 1180. The number of nitrogens with zero attached hydrogens (tertiary/aromatic N) is 5. The maximum Gasteiger partial charge on any atom is 0.255 e. The van der Waals surface area contributed by atoms with Crippen LogP contribution in [0.25, 0.3) is 11.2 Å². The third-order valence-corrected chi connectivity index (χ3v) is 6.13. The Morgan fingerprint density at radius 3 is 2.93 bits per heavy atom. The first-order valence-electron chi connectivity index (χ1n) is 9.55. The number of carbonyl (C=O) groups excluding carboxylic acids is 1. The van der Waals surface area contributed by atoms with Gasteiger partial charge in [0.15, 0.2) is 10.8 Å². The minimum absolute atomic E-state index is 0.0316. The minimum Gasteiger partial charge on any atom is -0.375 e. The summed E-state index contributed by atoms with van der Waals surface area (Å²) in [5, 5.41) is 0.563. The van der Waals surface area contributed by atoms with Crippen LogP contribution in [-0.2, 0) is 25.9 Å². The van der Waals surface area contributed by atoms with Crippen molar-refractivity contribution in [2.75, 3.05) is 12.3 Å². The molecule has 4 heterocycles. The Labute approximate surface area is 171 Å². The van der Waals surface area contributed by atoms with E-state index in [1.54, 1.807) is 12.5 Å². The molecule has 2 N–H and O–H groups in total. The van der Waals surface area contributed by atoms with Crippen LogP contribution in [0.1, 0.15) is 26.5 Å². The van der Waals surface area contributed by atoms with Crippen LogP contribution in [0, 0.1) is 0 Å². The molecule has 0 saturated carbocycles. The van der Waals surface area contributed by atoms with Crippen molar-refractivity contribution in [3.8, 4) is 0 Å². The van der Waals surface area contributed by atoms with E-state index in [2.05, 4.69) is 27.1 Å². The average molecular weight is 404 g/mol. The highest BCUT2D eigenvalue weighted by Gasteiger charge is 2.25. The van der Waals surface area contributed by atoms with E-state index < -0.39 is 0 Å². The van der Waals surface area contributed by atoms with Crippen LogP contribution in [0.5, 0.6) is 0 Å². The number of nitrogens with two attached hydrogens (primary N) is 1. The molecule has 146 valence electrons. The third kappa shape index (κ3) is 3.47. The minimum atomic E-state index is -0.0316. The number of nitrogen functional groups attached to an aromatic ring is 1. The highest BCUT2D eigenvalue weighted by molar-refractivity contribution is 7.15. The van der Waals surface area contributed by atoms with Crippen LogP contribution in [0.15, 0.2) is 48.9 Å². The third-order valence-electron chi connectivity index (χ3n) is 5.22. The molecular weight excluding hydrogens is 384 g/mol. The lowest BCUT2D eigenvalue weighted by Crippen LogP contribution is -2.35. The SMILES string of the molecule is Nc1nc2c(s1)CN(C(=O)c1cnc3c(c1)ncn3CCc1ccccc1)CC2. The van der Waals surface area contributed by atoms with E-state index in [9.17, 15) is 4.79 Å². The maximum atomic E-state index is 13.0. The van der Waals surface area contributed by atoms with Crippen molar-refractivity contribution in [1.82, 2.24) is 24.4 Å². The molecule has 0 fully saturated rings. The Kier molecular flexibility index (Phi) is 4.48. The van der Waals surface area contributed by atoms with Crippen LogP contribution in [0.4, 0.5) is 5.13 Å². The van der Waals surface area contributed by atoms with Crippen molar-refractivity contribution in [3.63, 3.8) is 0 Å². The first-order valence-corrected chi connectivity index (χ1v) is 10.4. The number of hydrogen-bond donors (Lipinski definition) is 1. The number of imidazole rings is 1. The molecule has 0 aliphatic carbocycles. The number of pyridine rings is 1. The van der Waals surface area contributed by atoms with Crippen molar-refractivity contribution in [1.29, 1.82) is 0 Å². The Hall–Kier alpha value is -3.26. The first-order chi connectivity index (χ1) is 14.2. The van der Waals surface area contributed by atoms with Gasteiger partial charge in [-0.15, -0.1) is 11.3 Å². The number of aryl methyl sites for hydroxylation is 2. The van der Waals surface area contributed by atoms with E-state index in [-0.39, 0.29) is 5.91 Å². The van der Waals surface area contributed by atoms with Gasteiger partial charge in [0, 0.05) is 30.6 Å². The fourth-order valence-electron chi connectivity index (χ4n) is 3.69. The molecule has 0 bridgehead atoms. The van der Waals surface area contributed by atoms with Gasteiger partial charge in [-0.05, 0) is 18.1 Å². The van der Waals surface area contributed by atoms with Crippen LogP contribution in [0.2, 0.25) is 0 Å². The second-order valence-corrected chi connectivity index (χ2v) is 8.25. The summed E-state index contributed by atoms with van der Waals surface area (Å²) in [5.41, 5.74) is 10.2. The zero-order valence-corrected chi connectivity index (χ0v) is 16.6. The smallest absolute Gasteiger partial charge is 0.255 e. The molecule has 8 heteroatoms. The van der Waals surface area contributed by atoms with Crippen LogP contribution in [-0.4, -0.2) is 36.9 Å². The summed E-state index contributed by atoms with van der Waals surface area (Å²) < 4.78 is 2.03. The molecule has 3 aromatic heterocycles. The molecule has 4 aromatic rings. The Morgan fingerprint density at radius 2 is 2.07 bits per heavy atom. The predicted molar refractivity (Wildman–Crippen MR) is 113 cm³/mol. The second kappa shape index (κ2) is 7.29. The van der Waals surface area contributed by atoms with Crippen LogP contribution in [0.3, 0.4) is 0 Å². The molecule has 1 aliphatic rings. The van der Waals surface area contributed by atoms with Gasteiger partial charge in [0.2, 0.25) is 0 Å². The van der Waals surface area contributed by atoms with Gasteiger partial charge < -0.3 is 15.2 Å². The number of hydrogen-bond acceptors (Lipinski definition) is 6. The molecule has 1 aliphatic heterocycles. The standard InChI is InChI=1S/C21H20N6OS/c22-21-25-16-7-9-26(12-18(16)29-21)20(28)15-10-17-19(23-11-15)27(13-24-17)8-6-14-4-2-1-3-5-14/h1-5,10-11,13H,6-9,12H2,(H2,22,25). The summed E-state index contributed by atoms with van der Waals surface area (Å²) in [7, 11) is 0. The molecule has 1 aromatic carbocycles. The molecule has 7 nitrogen and oxygen atoms in total. The van der Waals surface area contributed by atoms with E-state index in [4.69, 9.17) is 5.73 Å². The second-order valence-electron chi connectivity index (χ2n) is 7.14. The largest absolute Gasteiger partial charge is 0.375 e. The normalized spacial score (nSPS) is 13.6. The molecule has 29 heavy (non-hydrogen) atoms. The number of rotatable bonds is 4. The van der Waals surface area contributed by atoms with Gasteiger partial charge in [-0.25, -0.2) is 15.0 Å². The van der Waals surface area contributed by atoms with Crippen molar-refractivity contribution < 1.29 is 4.79 Å². The summed E-state index contributed by atoms with van der Waals surface area (Å²) in [6.07, 6.45) is 5.09. The lowest BCUT2D eigenvalue weighted by atomic mass is 10.1. The number of thiazole rings is 1. The molecule has 0 radical (unpaired) electrons. The molecule has 0 saturated heterocycles. The highest BCUT2D eigenvalue weighted by Crippen LogP contribution is 2.27. The van der Waals surface area contributed by atoms with Gasteiger partial charge in [0.25, 0.3) is 5.91 Å². The highest BCUT2D eigenvalue weighted by atomic mass is 32.1. The molecule has 0 spiro atoms. The van der Waals surface area contributed by atoms with Gasteiger partial charge in [0.05, 0.1) is 24.1 Å². The molecule has 5 rings (SSSR count). The number of amides is 1.